The second kappa shape index (κ2) is 7.49. The largest absolute Gasteiger partial charge is 0.410 e. The highest BCUT2D eigenvalue weighted by atomic mass is 32.2. The fourth-order valence-electron chi connectivity index (χ4n) is 2.62. The Hall–Kier alpha value is -1.76. The van der Waals surface area contributed by atoms with Gasteiger partial charge in [-0.2, -0.15) is 0 Å². The Morgan fingerprint density at radius 2 is 2.23 bits per heavy atom. The normalized spacial score (nSPS) is 15.8. The first-order chi connectivity index (χ1) is 10.8. The third-order valence-electron chi connectivity index (χ3n) is 3.76. The Balaban J connectivity index is 1.40. The van der Waals surface area contributed by atoms with Crippen molar-refractivity contribution in [3.05, 3.63) is 18.3 Å². The minimum absolute atomic E-state index is 0.114. The average Bonchev–Trinajstić information content (AvgIpc) is 3.19. The number of thioether (sulfide) groups is 1. The fourth-order valence-corrected chi connectivity index (χ4v) is 3.32. The Labute approximate surface area is 133 Å². The maximum absolute atomic E-state index is 11.9. The predicted molar refractivity (Wildman–Crippen MR) is 84.4 cm³/mol. The number of rotatable bonds is 6. The van der Waals surface area contributed by atoms with Gasteiger partial charge in [0.15, 0.2) is 0 Å². The van der Waals surface area contributed by atoms with Crippen molar-refractivity contribution in [2.75, 3.05) is 5.75 Å². The summed E-state index contributed by atoms with van der Waals surface area (Å²) in [6.45, 7) is 0. The lowest BCUT2D eigenvalue weighted by atomic mass is 9.95. The molecule has 1 aliphatic carbocycles. The molecule has 0 unspecified atom stereocenters. The molecule has 2 aromatic heterocycles. The molecule has 2 N–H and O–H groups in total. The van der Waals surface area contributed by atoms with Crippen LogP contribution in [-0.2, 0) is 4.79 Å². The highest BCUT2D eigenvalue weighted by molar-refractivity contribution is 7.99. The van der Waals surface area contributed by atoms with Gasteiger partial charge >= 0.3 is 0 Å². The van der Waals surface area contributed by atoms with Crippen LogP contribution in [-0.4, -0.2) is 32.9 Å². The smallest absolute Gasteiger partial charge is 0.276 e. The zero-order valence-corrected chi connectivity index (χ0v) is 13.2. The molecule has 0 saturated heterocycles. The Bertz CT molecular complexity index is 590. The maximum Gasteiger partial charge on any atom is 0.276 e. The van der Waals surface area contributed by atoms with Crippen molar-refractivity contribution in [2.24, 2.45) is 0 Å². The molecule has 7 heteroatoms. The number of nitrogens with one attached hydrogen (secondary N) is 2. The van der Waals surface area contributed by atoms with E-state index in [1.165, 1.54) is 31.0 Å². The number of hydrogen-bond acceptors (Lipinski definition) is 5. The van der Waals surface area contributed by atoms with Crippen molar-refractivity contribution in [1.29, 1.82) is 0 Å². The standard InChI is InChI=1S/C15H20N4O2S/c20-13(17-11-5-2-1-3-6-11)8-10-22-15-19-18-14(21-15)12-7-4-9-16-12/h4,7,9,11,16H,1-3,5-6,8,10H2,(H,17,20). The van der Waals surface area contributed by atoms with Crippen molar-refractivity contribution in [1.82, 2.24) is 20.5 Å². The topological polar surface area (TPSA) is 83.8 Å². The SMILES string of the molecule is O=C(CCSc1nnc(-c2ccc[nH]2)o1)NC1CCCCC1. The summed E-state index contributed by atoms with van der Waals surface area (Å²) in [5.41, 5.74) is 0.800. The molecule has 6 nitrogen and oxygen atoms in total. The number of amides is 1. The lowest BCUT2D eigenvalue weighted by Crippen LogP contribution is -2.36. The highest BCUT2D eigenvalue weighted by Gasteiger charge is 2.16. The number of H-pyrrole nitrogens is 1. The minimum atomic E-state index is 0.114. The monoisotopic (exact) mass is 320 g/mol. The molecule has 1 fully saturated rings. The third kappa shape index (κ3) is 4.13. The number of carbonyl (C=O) groups is 1. The number of carbonyl (C=O) groups excluding carboxylic acids is 1. The highest BCUT2D eigenvalue weighted by Crippen LogP contribution is 2.22. The number of nitrogens with zero attached hydrogens (tertiary/aromatic N) is 2. The first-order valence-electron chi connectivity index (χ1n) is 7.71. The van der Waals surface area contributed by atoms with Gasteiger partial charge in [0.1, 0.15) is 5.69 Å². The molecule has 2 heterocycles. The van der Waals surface area contributed by atoms with Gasteiger partial charge in [-0.05, 0) is 25.0 Å². The molecule has 1 amide bonds. The lowest BCUT2D eigenvalue weighted by Gasteiger charge is -2.22. The van der Waals surface area contributed by atoms with E-state index >= 15 is 0 Å². The Morgan fingerprint density at radius 1 is 1.36 bits per heavy atom. The van der Waals surface area contributed by atoms with Crippen LogP contribution < -0.4 is 5.32 Å². The second-order valence-electron chi connectivity index (χ2n) is 5.46. The predicted octanol–water partition coefficient (Wildman–Crippen LogP) is 3.00. The molecule has 118 valence electrons. The van der Waals surface area contributed by atoms with Gasteiger partial charge in [0, 0.05) is 24.4 Å². The summed E-state index contributed by atoms with van der Waals surface area (Å²) in [7, 11) is 0. The van der Waals surface area contributed by atoms with Crippen molar-refractivity contribution in [3.8, 4) is 11.6 Å². The van der Waals surface area contributed by atoms with Crippen LogP contribution in [0, 0.1) is 0 Å². The molecule has 22 heavy (non-hydrogen) atoms. The van der Waals surface area contributed by atoms with E-state index in [1.807, 2.05) is 18.3 Å². The van der Waals surface area contributed by atoms with Crippen molar-refractivity contribution >= 4 is 17.7 Å². The van der Waals surface area contributed by atoms with Crippen LogP contribution in [0.2, 0.25) is 0 Å². The van der Waals surface area contributed by atoms with Gasteiger partial charge in [0.25, 0.3) is 11.1 Å². The molecule has 2 aromatic rings. The Kier molecular flexibility index (Phi) is 5.15. The summed E-state index contributed by atoms with van der Waals surface area (Å²) in [5.74, 6) is 1.23. The molecule has 0 bridgehead atoms. The first-order valence-corrected chi connectivity index (χ1v) is 8.69. The summed E-state index contributed by atoms with van der Waals surface area (Å²) in [5, 5.41) is 11.6. The summed E-state index contributed by atoms with van der Waals surface area (Å²) < 4.78 is 5.54. The van der Waals surface area contributed by atoms with Gasteiger partial charge in [-0.15, -0.1) is 10.2 Å². The van der Waals surface area contributed by atoms with Crippen LogP contribution in [0.3, 0.4) is 0 Å². The van der Waals surface area contributed by atoms with E-state index in [9.17, 15) is 4.79 Å². The van der Waals surface area contributed by atoms with Crippen molar-refractivity contribution in [3.63, 3.8) is 0 Å². The van der Waals surface area contributed by atoms with Crippen molar-refractivity contribution in [2.45, 2.75) is 49.8 Å². The molecule has 0 atom stereocenters. The van der Waals surface area contributed by atoms with Gasteiger partial charge in [-0.1, -0.05) is 31.0 Å². The molecule has 0 aromatic carbocycles. The van der Waals surface area contributed by atoms with Gasteiger partial charge in [0.05, 0.1) is 0 Å². The van der Waals surface area contributed by atoms with Crippen LogP contribution in [0.25, 0.3) is 11.6 Å². The average molecular weight is 320 g/mol. The molecular formula is C15H20N4O2S. The van der Waals surface area contributed by atoms with Crippen LogP contribution in [0.1, 0.15) is 38.5 Å². The van der Waals surface area contributed by atoms with Crippen molar-refractivity contribution < 1.29 is 9.21 Å². The molecule has 3 rings (SSSR count). The minimum Gasteiger partial charge on any atom is -0.410 e. The van der Waals surface area contributed by atoms with E-state index < -0.39 is 0 Å². The Morgan fingerprint density at radius 3 is 3.00 bits per heavy atom. The van der Waals surface area contributed by atoms with E-state index in [4.69, 9.17) is 4.42 Å². The number of aromatic nitrogens is 3. The lowest BCUT2D eigenvalue weighted by molar-refractivity contribution is -0.121. The van der Waals surface area contributed by atoms with Gasteiger partial charge in [-0.25, -0.2) is 0 Å². The van der Waals surface area contributed by atoms with E-state index in [-0.39, 0.29) is 5.91 Å². The fraction of sp³-hybridized carbons (Fsp3) is 0.533. The third-order valence-corrected chi connectivity index (χ3v) is 4.58. The molecule has 0 spiro atoms. The quantitative estimate of drug-likeness (QED) is 0.799. The zero-order valence-electron chi connectivity index (χ0n) is 12.4. The van der Waals surface area contributed by atoms with Crippen LogP contribution in [0.4, 0.5) is 0 Å². The molecular weight excluding hydrogens is 300 g/mol. The summed E-state index contributed by atoms with van der Waals surface area (Å²) in [6.07, 6.45) is 8.25. The summed E-state index contributed by atoms with van der Waals surface area (Å²) in [4.78, 5) is 14.9. The zero-order chi connectivity index (χ0) is 15.2. The summed E-state index contributed by atoms with van der Waals surface area (Å²) >= 11 is 1.41. The summed E-state index contributed by atoms with van der Waals surface area (Å²) in [6, 6.07) is 4.12. The van der Waals surface area contributed by atoms with Gasteiger partial charge < -0.3 is 14.7 Å². The number of aromatic amines is 1. The maximum atomic E-state index is 11.9. The molecule has 1 saturated carbocycles. The van der Waals surface area contributed by atoms with Crippen LogP contribution in [0.15, 0.2) is 28.0 Å². The number of hydrogen-bond donors (Lipinski definition) is 2. The molecule has 1 aliphatic rings. The van der Waals surface area contributed by atoms with Crippen LogP contribution in [0.5, 0.6) is 0 Å². The first kappa shape index (κ1) is 15.1. The van der Waals surface area contributed by atoms with E-state index in [2.05, 4.69) is 20.5 Å². The molecule has 0 radical (unpaired) electrons. The van der Waals surface area contributed by atoms with E-state index in [1.54, 1.807) is 0 Å². The molecule has 0 aliphatic heterocycles. The van der Waals surface area contributed by atoms with Gasteiger partial charge in [0.2, 0.25) is 5.91 Å². The second-order valence-corrected chi connectivity index (χ2v) is 6.50. The van der Waals surface area contributed by atoms with E-state index in [0.29, 0.717) is 29.3 Å². The van der Waals surface area contributed by atoms with Crippen LogP contribution >= 0.6 is 11.8 Å². The van der Waals surface area contributed by atoms with E-state index in [0.717, 1.165) is 18.5 Å². The van der Waals surface area contributed by atoms with Gasteiger partial charge in [-0.3, -0.25) is 4.79 Å².